The van der Waals surface area contributed by atoms with Crippen molar-refractivity contribution in [3.05, 3.63) is 74.4 Å². The highest BCUT2D eigenvalue weighted by Gasteiger charge is 2.36. The zero-order valence-corrected chi connectivity index (χ0v) is 21.6. The molecular weight excluding hydrogens is 471 g/mol. The van der Waals surface area contributed by atoms with Crippen LogP contribution in [0.2, 0.25) is 5.02 Å². The monoisotopic (exact) mass is 498 g/mol. The van der Waals surface area contributed by atoms with E-state index in [1.54, 1.807) is 12.1 Å². The van der Waals surface area contributed by atoms with E-state index in [0.717, 1.165) is 46.3 Å². The minimum Gasteiger partial charge on any atom is -0.362 e. The molecule has 0 spiro atoms. The van der Waals surface area contributed by atoms with Crippen molar-refractivity contribution >= 4 is 51.8 Å². The average molecular weight is 499 g/mol. The average Bonchev–Trinajstić information content (AvgIpc) is 3.01. The van der Waals surface area contributed by atoms with Gasteiger partial charge in [-0.2, -0.15) is 0 Å². The summed E-state index contributed by atoms with van der Waals surface area (Å²) in [6, 6.07) is 8.57. The van der Waals surface area contributed by atoms with Crippen LogP contribution in [-0.4, -0.2) is 28.1 Å². The highest BCUT2D eigenvalue weighted by molar-refractivity contribution is 8.18. The number of allylic oxidation sites excluding steroid dienone is 1. The number of thioether (sulfide) groups is 1. The molecule has 0 radical (unpaired) electrons. The molecule has 2 aliphatic heterocycles. The number of nitrogens with zero attached hydrogens (tertiary/aromatic N) is 2. The molecule has 0 bridgehead atoms. The Kier molecular flexibility index (Phi) is 6.67. The topological polar surface area (TPSA) is 40.6 Å². The standard InChI is InChI=1S/C27H28ClFN2O2S/c1-6-10-31-23-11-16(2)18(12-19(23)17(3)14-27(31,4)5)13-24-25(32)30(26(33)34-24)15-20-21(28)8-7-9-22(20)29/h7-9,11-14H,6,10,15H2,1-5H3/b24-13+. The van der Waals surface area contributed by atoms with E-state index in [-0.39, 0.29) is 22.7 Å². The van der Waals surface area contributed by atoms with Crippen molar-refractivity contribution in [2.75, 3.05) is 11.4 Å². The summed E-state index contributed by atoms with van der Waals surface area (Å²) in [5.41, 5.74) is 5.45. The lowest BCUT2D eigenvalue weighted by molar-refractivity contribution is -0.123. The number of carbonyl (C=O) groups excluding carboxylic acids is 2. The van der Waals surface area contributed by atoms with E-state index in [1.807, 2.05) is 6.92 Å². The van der Waals surface area contributed by atoms with E-state index in [2.05, 4.69) is 50.8 Å². The van der Waals surface area contributed by atoms with E-state index in [1.165, 1.54) is 23.4 Å². The van der Waals surface area contributed by atoms with Crippen LogP contribution in [0.3, 0.4) is 0 Å². The number of fused-ring (bicyclic) bond motifs is 1. The molecule has 0 atom stereocenters. The summed E-state index contributed by atoms with van der Waals surface area (Å²) >= 11 is 6.98. The van der Waals surface area contributed by atoms with Gasteiger partial charge in [-0.15, -0.1) is 0 Å². The summed E-state index contributed by atoms with van der Waals surface area (Å²) in [5, 5.41) is -0.242. The molecule has 0 aromatic heterocycles. The summed E-state index contributed by atoms with van der Waals surface area (Å²) in [6.07, 6.45) is 5.08. The molecule has 0 unspecified atom stereocenters. The second-order valence-electron chi connectivity index (χ2n) is 9.33. The smallest absolute Gasteiger partial charge is 0.293 e. The first kappa shape index (κ1) is 24.6. The zero-order chi connectivity index (χ0) is 24.8. The summed E-state index contributed by atoms with van der Waals surface area (Å²) in [7, 11) is 0. The van der Waals surface area contributed by atoms with E-state index in [4.69, 9.17) is 11.6 Å². The lowest BCUT2D eigenvalue weighted by Crippen LogP contribution is -2.45. The van der Waals surface area contributed by atoms with Gasteiger partial charge in [0.2, 0.25) is 0 Å². The maximum absolute atomic E-state index is 14.2. The first-order chi connectivity index (χ1) is 16.0. The predicted octanol–water partition coefficient (Wildman–Crippen LogP) is 7.44. The van der Waals surface area contributed by atoms with Crippen molar-refractivity contribution < 1.29 is 14.0 Å². The molecular formula is C27H28ClFN2O2S. The van der Waals surface area contributed by atoms with Gasteiger partial charge in [0.1, 0.15) is 5.82 Å². The Morgan fingerprint density at radius 3 is 2.59 bits per heavy atom. The molecule has 34 heavy (non-hydrogen) atoms. The third-order valence-electron chi connectivity index (χ3n) is 6.35. The van der Waals surface area contributed by atoms with Crippen molar-refractivity contribution in [2.24, 2.45) is 0 Å². The highest BCUT2D eigenvalue weighted by atomic mass is 35.5. The summed E-state index contributed by atoms with van der Waals surface area (Å²) < 4.78 is 14.2. The molecule has 7 heteroatoms. The van der Waals surface area contributed by atoms with E-state index >= 15 is 0 Å². The van der Waals surface area contributed by atoms with Crippen LogP contribution in [0.4, 0.5) is 14.9 Å². The highest BCUT2D eigenvalue weighted by Crippen LogP contribution is 2.42. The molecule has 0 saturated carbocycles. The van der Waals surface area contributed by atoms with E-state index < -0.39 is 17.0 Å². The molecule has 2 aliphatic rings. The molecule has 2 aromatic rings. The number of aryl methyl sites for hydroxylation is 1. The quantitative estimate of drug-likeness (QED) is 0.402. The second-order valence-corrected chi connectivity index (χ2v) is 10.7. The van der Waals surface area contributed by atoms with Gasteiger partial charge in [-0.3, -0.25) is 14.5 Å². The summed E-state index contributed by atoms with van der Waals surface area (Å²) in [5.74, 6) is -0.977. The van der Waals surface area contributed by atoms with Gasteiger partial charge in [0.05, 0.1) is 17.0 Å². The Morgan fingerprint density at radius 2 is 1.91 bits per heavy atom. The molecule has 0 aliphatic carbocycles. The Morgan fingerprint density at radius 1 is 1.18 bits per heavy atom. The van der Waals surface area contributed by atoms with Gasteiger partial charge in [0.15, 0.2) is 0 Å². The number of imide groups is 1. The third-order valence-corrected chi connectivity index (χ3v) is 7.61. The number of amides is 2. The SMILES string of the molecule is CCCN1c2cc(C)c(/C=C3/SC(=O)N(Cc4c(F)cccc4Cl)C3=O)cc2C(C)=CC1(C)C. The zero-order valence-electron chi connectivity index (χ0n) is 20.0. The van der Waals surface area contributed by atoms with Gasteiger partial charge in [0, 0.05) is 28.4 Å². The predicted molar refractivity (Wildman–Crippen MR) is 139 cm³/mol. The van der Waals surface area contributed by atoms with Gasteiger partial charge in [-0.25, -0.2) is 4.39 Å². The number of halogens is 2. The lowest BCUT2D eigenvalue weighted by Gasteiger charge is -2.43. The Bertz CT molecular complexity index is 1230. The fraction of sp³-hybridized carbons (Fsp3) is 0.333. The maximum Gasteiger partial charge on any atom is 0.293 e. The van der Waals surface area contributed by atoms with Crippen LogP contribution in [0.15, 0.2) is 41.3 Å². The number of anilines is 1. The van der Waals surface area contributed by atoms with Crippen LogP contribution in [0.5, 0.6) is 0 Å². The summed E-state index contributed by atoms with van der Waals surface area (Å²) in [4.78, 5) is 29.5. The first-order valence-electron chi connectivity index (χ1n) is 11.3. The van der Waals surface area contributed by atoms with Crippen LogP contribution in [-0.2, 0) is 11.3 Å². The van der Waals surface area contributed by atoms with Crippen molar-refractivity contribution in [1.29, 1.82) is 0 Å². The van der Waals surface area contributed by atoms with Gasteiger partial charge in [-0.05, 0) is 92.9 Å². The first-order valence-corrected chi connectivity index (χ1v) is 12.5. The van der Waals surface area contributed by atoms with Crippen molar-refractivity contribution in [3.63, 3.8) is 0 Å². The van der Waals surface area contributed by atoms with Crippen LogP contribution >= 0.6 is 23.4 Å². The molecule has 1 fully saturated rings. The fourth-order valence-corrected chi connectivity index (χ4v) is 5.70. The number of carbonyl (C=O) groups is 2. The van der Waals surface area contributed by atoms with Gasteiger partial charge in [-0.1, -0.05) is 30.7 Å². The van der Waals surface area contributed by atoms with Crippen LogP contribution < -0.4 is 4.90 Å². The van der Waals surface area contributed by atoms with Crippen LogP contribution in [0, 0.1) is 12.7 Å². The molecule has 2 aromatic carbocycles. The van der Waals surface area contributed by atoms with Crippen LogP contribution in [0.1, 0.15) is 56.4 Å². The van der Waals surface area contributed by atoms with Crippen molar-refractivity contribution in [1.82, 2.24) is 4.90 Å². The molecule has 1 saturated heterocycles. The van der Waals surface area contributed by atoms with Crippen molar-refractivity contribution in [2.45, 2.75) is 53.1 Å². The third kappa shape index (κ3) is 4.41. The molecule has 2 heterocycles. The minimum absolute atomic E-state index is 0.0856. The molecule has 4 nitrogen and oxygen atoms in total. The van der Waals surface area contributed by atoms with E-state index in [0.29, 0.717) is 4.91 Å². The van der Waals surface area contributed by atoms with E-state index in [9.17, 15) is 14.0 Å². The van der Waals surface area contributed by atoms with Gasteiger partial charge < -0.3 is 4.90 Å². The Labute approximate surface area is 209 Å². The summed E-state index contributed by atoms with van der Waals surface area (Å²) in [6.45, 7) is 11.5. The van der Waals surface area contributed by atoms with Crippen LogP contribution in [0.25, 0.3) is 11.6 Å². The number of hydrogen-bond donors (Lipinski definition) is 0. The molecule has 4 rings (SSSR count). The van der Waals surface area contributed by atoms with Gasteiger partial charge >= 0.3 is 0 Å². The minimum atomic E-state index is -0.539. The number of hydrogen-bond acceptors (Lipinski definition) is 4. The lowest BCUT2D eigenvalue weighted by atomic mass is 9.86. The fourth-order valence-electron chi connectivity index (χ4n) is 4.65. The van der Waals surface area contributed by atoms with Crippen molar-refractivity contribution in [3.8, 4) is 0 Å². The second kappa shape index (κ2) is 9.23. The van der Waals surface area contributed by atoms with Gasteiger partial charge in [0.25, 0.3) is 11.1 Å². The molecule has 178 valence electrons. The number of rotatable bonds is 5. The normalized spacial score (nSPS) is 18.6. The maximum atomic E-state index is 14.2. The Balaban J connectivity index is 1.68. The molecule has 2 amide bonds. The largest absolute Gasteiger partial charge is 0.362 e. The molecule has 0 N–H and O–H groups in total. The Hall–Kier alpha value is -2.57. The number of benzene rings is 2.